The maximum atomic E-state index is 6.47. The summed E-state index contributed by atoms with van der Waals surface area (Å²) in [5.41, 5.74) is 7.70. The minimum absolute atomic E-state index is 0.0923. The van der Waals surface area contributed by atoms with E-state index in [0.29, 0.717) is 12.1 Å². The summed E-state index contributed by atoms with van der Waals surface area (Å²) in [5.74, 6) is 0. The number of morpholine rings is 1. The summed E-state index contributed by atoms with van der Waals surface area (Å²) in [6.07, 6.45) is 1.26. The van der Waals surface area contributed by atoms with Crippen molar-refractivity contribution in [3.8, 4) is 0 Å². The zero-order chi connectivity index (χ0) is 14.7. The molecule has 0 aliphatic carbocycles. The first-order valence-electron chi connectivity index (χ1n) is 8.12. The van der Waals surface area contributed by atoms with Gasteiger partial charge >= 0.3 is 0 Å². The average molecular weight is 289 g/mol. The second-order valence-corrected chi connectivity index (χ2v) is 6.26. The van der Waals surface area contributed by atoms with Gasteiger partial charge in [-0.2, -0.15) is 0 Å². The number of hydrogen-bond donors (Lipinski definition) is 1. The van der Waals surface area contributed by atoms with Crippen LogP contribution in [0.15, 0.2) is 30.3 Å². The highest BCUT2D eigenvalue weighted by molar-refractivity contribution is 5.20. The first-order valence-corrected chi connectivity index (χ1v) is 8.12. The van der Waals surface area contributed by atoms with Crippen molar-refractivity contribution in [1.29, 1.82) is 0 Å². The molecule has 0 saturated carbocycles. The summed E-state index contributed by atoms with van der Waals surface area (Å²) >= 11 is 0. The Hall–Kier alpha value is -0.940. The molecule has 2 saturated heterocycles. The topological polar surface area (TPSA) is 41.7 Å². The largest absolute Gasteiger partial charge is 0.379 e. The first kappa shape index (κ1) is 15.0. The van der Waals surface area contributed by atoms with Crippen LogP contribution in [0.1, 0.15) is 24.9 Å². The van der Waals surface area contributed by atoms with Crippen LogP contribution in [0, 0.1) is 0 Å². The SMILES string of the molecule is CC(C(N)c1ccccc1)N1CCC(N2CCOCC2)C1. The fraction of sp³-hybridized carbons (Fsp3) is 0.647. The van der Waals surface area contributed by atoms with Gasteiger partial charge in [-0.3, -0.25) is 9.80 Å². The highest BCUT2D eigenvalue weighted by atomic mass is 16.5. The molecule has 0 radical (unpaired) electrons. The second-order valence-electron chi connectivity index (χ2n) is 6.26. The van der Waals surface area contributed by atoms with Crippen molar-refractivity contribution in [3.05, 3.63) is 35.9 Å². The van der Waals surface area contributed by atoms with Crippen LogP contribution in [0.5, 0.6) is 0 Å². The van der Waals surface area contributed by atoms with E-state index in [2.05, 4.69) is 41.0 Å². The molecule has 4 nitrogen and oxygen atoms in total. The average Bonchev–Trinajstić information content (AvgIpc) is 3.05. The van der Waals surface area contributed by atoms with Crippen LogP contribution in [-0.2, 0) is 4.74 Å². The molecule has 3 unspecified atom stereocenters. The van der Waals surface area contributed by atoms with Gasteiger partial charge in [0.25, 0.3) is 0 Å². The third-order valence-electron chi connectivity index (χ3n) is 5.04. The molecule has 1 aromatic rings. The Labute approximate surface area is 127 Å². The quantitative estimate of drug-likeness (QED) is 0.912. The minimum atomic E-state index is 0.0923. The van der Waals surface area contributed by atoms with Gasteiger partial charge in [-0.05, 0) is 18.9 Å². The molecule has 0 spiro atoms. The van der Waals surface area contributed by atoms with Crippen molar-refractivity contribution in [2.24, 2.45) is 5.73 Å². The molecular formula is C17H27N3O. The molecule has 116 valence electrons. The van der Waals surface area contributed by atoms with Crippen LogP contribution in [0.2, 0.25) is 0 Å². The molecule has 3 rings (SSSR count). The summed E-state index contributed by atoms with van der Waals surface area (Å²) in [6.45, 7) is 8.49. The van der Waals surface area contributed by atoms with E-state index in [9.17, 15) is 0 Å². The summed E-state index contributed by atoms with van der Waals surface area (Å²) in [6, 6.07) is 11.6. The molecular weight excluding hydrogens is 262 g/mol. The third kappa shape index (κ3) is 3.46. The Bertz CT molecular complexity index is 433. The molecule has 2 fully saturated rings. The van der Waals surface area contributed by atoms with Crippen molar-refractivity contribution in [2.75, 3.05) is 39.4 Å². The molecule has 2 heterocycles. The van der Waals surface area contributed by atoms with Crippen molar-refractivity contribution in [3.63, 3.8) is 0 Å². The fourth-order valence-electron chi connectivity index (χ4n) is 3.56. The second kappa shape index (κ2) is 6.88. The predicted octanol–water partition coefficient (Wildman–Crippen LogP) is 1.48. The maximum Gasteiger partial charge on any atom is 0.0594 e. The fourth-order valence-corrected chi connectivity index (χ4v) is 3.56. The van der Waals surface area contributed by atoms with E-state index in [-0.39, 0.29) is 6.04 Å². The van der Waals surface area contributed by atoms with Crippen LogP contribution in [-0.4, -0.2) is 61.3 Å². The summed E-state index contributed by atoms with van der Waals surface area (Å²) in [5, 5.41) is 0. The molecule has 4 heteroatoms. The monoisotopic (exact) mass is 289 g/mol. The molecule has 2 aliphatic heterocycles. The number of rotatable bonds is 4. The van der Waals surface area contributed by atoms with Crippen molar-refractivity contribution in [2.45, 2.75) is 31.5 Å². The lowest BCUT2D eigenvalue weighted by Crippen LogP contribution is -2.46. The van der Waals surface area contributed by atoms with Gasteiger partial charge in [0, 0.05) is 44.3 Å². The Morgan fingerprint density at radius 2 is 1.86 bits per heavy atom. The molecule has 2 aliphatic rings. The van der Waals surface area contributed by atoms with E-state index < -0.39 is 0 Å². The molecule has 1 aromatic carbocycles. The Balaban J connectivity index is 1.57. The summed E-state index contributed by atoms with van der Waals surface area (Å²) < 4.78 is 5.45. The minimum Gasteiger partial charge on any atom is -0.379 e. The van der Waals surface area contributed by atoms with Gasteiger partial charge in [0.05, 0.1) is 13.2 Å². The lowest BCUT2D eigenvalue weighted by Gasteiger charge is -2.34. The Morgan fingerprint density at radius 1 is 1.14 bits per heavy atom. The number of likely N-dealkylation sites (tertiary alicyclic amines) is 1. The van der Waals surface area contributed by atoms with Crippen molar-refractivity contribution in [1.82, 2.24) is 9.80 Å². The van der Waals surface area contributed by atoms with Gasteiger partial charge in [-0.25, -0.2) is 0 Å². The first-order chi connectivity index (χ1) is 10.3. The molecule has 2 N–H and O–H groups in total. The van der Waals surface area contributed by atoms with E-state index in [4.69, 9.17) is 10.5 Å². The maximum absolute atomic E-state index is 6.47. The van der Waals surface area contributed by atoms with E-state index in [0.717, 1.165) is 39.4 Å². The molecule has 3 atom stereocenters. The van der Waals surface area contributed by atoms with E-state index in [1.54, 1.807) is 0 Å². The highest BCUT2D eigenvalue weighted by Gasteiger charge is 2.32. The highest BCUT2D eigenvalue weighted by Crippen LogP contribution is 2.24. The molecule has 0 aromatic heterocycles. The Morgan fingerprint density at radius 3 is 2.57 bits per heavy atom. The van der Waals surface area contributed by atoms with Gasteiger partial charge in [0.2, 0.25) is 0 Å². The van der Waals surface area contributed by atoms with E-state index in [1.807, 2.05) is 6.07 Å². The zero-order valence-electron chi connectivity index (χ0n) is 12.9. The Kier molecular flexibility index (Phi) is 4.91. The standard InChI is InChI=1S/C17H27N3O/c1-14(17(18)15-5-3-2-4-6-15)20-8-7-16(13-20)19-9-11-21-12-10-19/h2-6,14,16-17H,7-13,18H2,1H3. The lowest BCUT2D eigenvalue weighted by atomic mass is 10.0. The molecule has 0 bridgehead atoms. The summed E-state index contributed by atoms with van der Waals surface area (Å²) in [4.78, 5) is 5.14. The van der Waals surface area contributed by atoms with Crippen LogP contribution in [0.4, 0.5) is 0 Å². The van der Waals surface area contributed by atoms with E-state index >= 15 is 0 Å². The van der Waals surface area contributed by atoms with Crippen LogP contribution in [0.25, 0.3) is 0 Å². The predicted molar refractivity (Wildman–Crippen MR) is 85.2 cm³/mol. The third-order valence-corrected chi connectivity index (χ3v) is 5.04. The number of hydrogen-bond acceptors (Lipinski definition) is 4. The number of nitrogens with two attached hydrogens (primary N) is 1. The van der Waals surface area contributed by atoms with Gasteiger partial charge in [-0.1, -0.05) is 30.3 Å². The van der Waals surface area contributed by atoms with Crippen LogP contribution < -0.4 is 5.73 Å². The zero-order valence-corrected chi connectivity index (χ0v) is 12.9. The van der Waals surface area contributed by atoms with E-state index in [1.165, 1.54) is 12.0 Å². The molecule has 21 heavy (non-hydrogen) atoms. The van der Waals surface area contributed by atoms with Crippen LogP contribution >= 0.6 is 0 Å². The molecule has 0 amide bonds. The number of benzene rings is 1. The number of ether oxygens (including phenoxy) is 1. The lowest BCUT2D eigenvalue weighted by molar-refractivity contribution is 0.0175. The summed E-state index contributed by atoms with van der Waals surface area (Å²) in [7, 11) is 0. The van der Waals surface area contributed by atoms with Gasteiger partial charge in [0.1, 0.15) is 0 Å². The van der Waals surface area contributed by atoms with Crippen molar-refractivity contribution < 1.29 is 4.74 Å². The normalized spacial score (nSPS) is 27.6. The van der Waals surface area contributed by atoms with Crippen LogP contribution in [0.3, 0.4) is 0 Å². The smallest absolute Gasteiger partial charge is 0.0594 e. The van der Waals surface area contributed by atoms with Gasteiger partial charge in [0.15, 0.2) is 0 Å². The van der Waals surface area contributed by atoms with Gasteiger partial charge in [-0.15, -0.1) is 0 Å². The van der Waals surface area contributed by atoms with Gasteiger partial charge < -0.3 is 10.5 Å². The van der Waals surface area contributed by atoms with Crippen molar-refractivity contribution >= 4 is 0 Å². The number of nitrogens with zero attached hydrogens (tertiary/aromatic N) is 2.